The number of ether oxygens (including phenoxy) is 2. The Morgan fingerprint density at radius 1 is 0.667 bits per heavy atom. The molecule has 0 saturated carbocycles. The van der Waals surface area contributed by atoms with Crippen LogP contribution in [-0.2, 0) is 32.2 Å². The maximum Gasteiger partial charge on any atom is 0.181 e. The van der Waals surface area contributed by atoms with Crippen LogP contribution in [0.5, 0.6) is 11.5 Å². The molecule has 0 amide bonds. The molecular formula is C39H36ClN7O2S2. The number of aryl methyl sites for hydroxylation is 4. The highest BCUT2D eigenvalue weighted by Crippen LogP contribution is 2.41. The van der Waals surface area contributed by atoms with Gasteiger partial charge in [-0.2, -0.15) is 0 Å². The molecule has 258 valence electrons. The molecule has 2 aliphatic carbocycles. The molecule has 12 heteroatoms. The average molecular weight is 734 g/mol. The van der Waals surface area contributed by atoms with Gasteiger partial charge in [-0.05, 0) is 104 Å². The highest BCUT2D eigenvalue weighted by atomic mass is 35.5. The minimum atomic E-state index is 0.565. The van der Waals surface area contributed by atoms with Gasteiger partial charge in [-0.15, -0.1) is 22.7 Å². The van der Waals surface area contributed by atoms with Gasteiger partial charge in [0.25, 0.3) is 0 Å². The number of fused-ring (bicyclic) bond motifs is 6. The lowest BCUT2D eigenvalue weighted by Gasteiger charge is -2.14. The number of hydrogen-bond acceptors (Lipinski definition) is 11. The van der Waals surface area contributed by atoms with E-state index in [9.17, 15) is 0 Å². The summed E-state index contributed by atoms with van der Waals surface area (Å²) in [5.41, 5.74) is 5.42. The summed E-state index contributed by atoms with van der Waals surface area (Å²) in [7, 11) is 3.30. The molecule has 0 aliphatic heterocycles. The van der Waals surface area contributed by atoms with Gasteiger partial charge >= 0.3 is 0 Å². The number of nitrogens with zero attached hydrogens (tertiary/aromatic N) is 6. The summed E-state index contributed by atoms with van der Waals surface area (Å²) in [6.07, 6.45) is 12.9. The van der Waals surface area contributed by atoms with Crippen molar-refractivity contribution in [1.29, 1.82) is 0 Å². The Morgan fingerprint density at radius 3 is 1.86 bits per heavy atom. The van der Waals surface area contributed by atoms with Crippen LogP contribution in [0.25, 0.3) is 43.5 Å². The molecule has 0 saturated heterocycles. The van der Waals surface area contributed by atoms with Crippen molar-refractivity contribution < 1.29 is 9.47 Å². The predicted octanol–water partition coefficient (Wildman–Crippen LogP) is 9.55. The van der Waals surface area contributed by atoms with E-state index < -0.39 is 0 Å². The van der Waals surface area contributed by atoms with Crippen molar-refractivity contribution in [3.8, 4) is 34.5 Å². The second-order valence-electron chi connectivity index (χ2n) is 12.5. The lowest BCUT2D eigenvalue weighted by molar-refractivity contribution is 0.354. The fraction of sp³-hybridized carbons (Fsp3) is 0.282. The van der Waals surface area contributed by atoms with Crippen LogP contribution in [0.3, 0.4) is 0 Å². The standard InChI is InChI=1S/C24H24N4O2S.C15H12ClN3S/c1-29-18-11-10-15(13-19(18)30-2)14-26-23-21-16-7-3-4-9-20(16)31-24(21)28-22(27-23)17-8-5-6-12-25-17;16-13-12-9-5-1-2-7-11(9)20-15(12)19-14(18-13)10-6-3-4-8-17-10/h5-6,8,10-13H,3-4,7,9,14H2,1-2H3,(H,26,27,28);3-4,6,8H,1-2,5,7H2. The number of halogens is 1. The fourth-order valence-corrected chi connectivity index (χ4v) is 9.66. The number of pyridine rings is 2. The van der Waals surface area contributed by atoms with Gasteiger partial charge in [0, 0.05) is 28.7 Å². The quantitative estimate of drug-likeness (QED) is 0.160. The molecule has 9 nitrogen and oxygen atoms in total. The average Bonchev–Trinajstić information content (AvgIpc) is 3.76. The molecule has 0 atom stereocenters. The van der Waals surface area contributed by atoms with E-state index in [4.69, 9.17) is 31.0 Å². The topological polar surface area (TPSA) is 108 Å². The van der Waals surface area contributed by atoms with Crippen molar-refractivity contribution in [1.82, 2.24) is 29.9 Å². The van der Waals surface area contributed by atoms with Gasteiger partial charge in [0.05, 0.1) is 25.0 Å². The Morgan fingerprint density at radius 2 is 1.25 bits per heavy atom. The molecule has 51 heavy (non-hydrogen) atoms. The SMILES string of the molecule is COc1ccc(CNc2nc(-c3ccccn3)nc3sc4c(c23)CCCC4)cc1OC.Clc1nc(-c2ccccn2)nc2sc3c(c12)CCCC3. The van der Waals surface area contributed by atoms with Crippen LogP contribution < -0.4 is 14.8 Å². The van der Waals surface area contributed by atoms with Gasteiger partial charge < -0.3 is 14.8 Å². The van der Waals surface area contributed by atoms with E-state index in [0.29, 0.717) is 23.3 Å². The largest absolute Gasteiger partial charge is 0.493 e. The molecular weight excluding hydrogens is 698 g/mol. The van der Waals surface area contributed by atoms with Crippen molar-refractivity contribution in [2.45, 2.75) is 57.9 Å². The maximum atomic E-state index is 6.42. The fourth-order valence-electron chi connectivity index (χ4n) is 6.79. The van der Waals surface area contributed by atoms with Crippen LogP contribution in [-0.4, -0.2) is 44.1 Å². The Bertz CT molecular complexity index is 2330. The van der Waals surface area contributed by atoms with Crippen LogP contribution >= 0.6 is 34.3 Å². The summed E-state index contributed by atoms with van der Waals surface area (Å²) in [5.74, 6) is 3.58. The predicted molar refractivity (Wildman–Crippen MR) is 206 cm³/mol. The van der Waals surface area contributed by atoms with E-state index in [1.165, 1.54) is 52.0 Å². The first kappa shape index (κ1) is 33.4. The summed E-state index contributed by atoms with van der Waals surface area (Å²) in [6.45, 7) is 0.624. The first-order valence-corrected chi connectivity index (χ1v) is 19.2. The zero-order valence-electron chi connectivity index (χ0n) is 28.4. The molecule has 0 unspecified atom stereocenters. The molecule has 2 aliphatic rings. The Balaban J connectivity index is 0.000000161. The molecule has 0 radical (unpaired) electrons. The van der Waals surface area contributed by atoms with Crippen LogP contribution in [0.2, 0.25) is 5.15 Å². The van der Waals surface area contributed by atoms with E-state index in [1.807, 2.05) is 54.6 Å². The Labute approximate surface area is 309 Å². The number of methoxy groups -OCH3 is 2. The molecule has 9 rings (SSSR count). The molecule has 0 spiro atoms. The number of hydrogen-bond donors (Lipinski definition) is 1. The van der Waals surface area contributed by atoms with E-state index >= 15 is 0 Å². The highest BCUT2D eigenvalue weighted by Gasteiger charge is 2.23. The third kappa shape index (κ3) is 6.85. The Kier molecular flexibility index (Phi) is 9.75. The number of benzene rings is 1. The first-order valence-electron chi connectivity index (χ1n) is 17.2. The third-order valence-corrected chi connectivity index (χ3v) is 11.9. The smallest absolute Gasteiger partial charge is 0.181 e. The van der Waals surface area contributed by atoms with Crippen LogP contribution in [0, 0.1) is 0 Å². The third-order valence-electron chi connectivity index (χ3n) is 9.28. The monoisotopic (exact) mass is 733 g/mol. The summed E-state index contributed by atoms with van der Waals surface area (Å²) in [4.78, 5) is 32.6. The molecule has 7 aromatic rings. The van der Waals surface area contributed by atoms with E-state index in [2.05, 4.69) is 25.3 Å². The van der Waals surface area contributed by atoms with Crippen molar-refractivity contribution in [3.63, 3.8) is 0 Å². The van der Waals surface area contributed by atoms with E-state index in [1.54, 1.807) is 49.3 Å². The lowest BCUT2D eigenvalue weighted by atomic mass is 9.97. The number of anilines is 1. The van der Waals surface area contributed by atoms with Gasteiger partial charge in [0.15, 0.2) is 23.1 Å². The van der Waals surface area contributed by atoms with Crippen molar-refractivity contribution in [3.05, 3.63) is 98.6 Å². The number of rotatable bonds is 7. The van der Waals surface area contributed by atoms with Crippen LogP contribution in [0.1, 0.15) is 52.1 Å². The normalized spacial score (nSPS) is 13.6. The Hall–Kier alpha value is -4.71. The molecule has 6 aromatic heterocycles. The minimum absolute atomic E-state index is 0.565. The minimum Gasteiger partial charge on any atom is -0.493 e. The summed E-state index contributed by atoms with van der Waals surface area (Å²) in [6, 6.07) is 17.5. The van der Waals surface area contributed by atoms with E-state index in [0.717, 1.165) is 75.0 Å². The zero-order valence-corrected chi connectivity index (χ0v) is 30.8. The number of aromatic nitrogens is 6. The molecule has 1 aromatic carbocycles. The first-order chi connectivity index (χ1) is 25.1. The van der Waals surface area contributed by atoms with Gasteiger partial charge in [-0.1, -0.05) is 29.8 Å². The number of thiophene rings is 2. The van der Waals surface area contributed by atoms with Crippen LogP contribution in [0.15, 0.2) is 67.0 Å². The lowest BCUT2D eigenvalue weighted by Crippen LogP contribution is -2.06. The second kappa shape index (κ2) is 14.9. The summed E-state index contributed by atoms with van der Waals surface area (Å²) >= 11 is 9.98. The van der Waals surface area contributed by atoms with Gasteiger partial charge in [0.2, 0.25) is 0 Å². The summed E-state index contributed by atoms with van der Waals surface area (Å²) in [5, 5.41) is 6.36. The van der Waals surface area contributed by atoms with Gasteiger partial charge in [-0.3, -0.25) is 9.97 Å². The summed E-state index contributed by atoms with van der Waals surface area (Å²) < 4.78 is 10.8. The van der Waals surface area contributed by atoms with E-state index in [-0.39, 0.29) is 0 Å². The maximum absolute atomic E-state index is 6.42. The molecule has 6 heterocycles. The van der Waals surface area contributed by atoms with Gasteiger partial charge in [-0.25, -0.2) is 19.9 Å². The van der Waals surface area contributed by atoms with Crippen LogP contribution in [0.4, 0.5) is 5.82 Å². The van der Waals surface area contributed by atoms with Crippen molar-refractivity contribution in [2.75, 3.05) is 19.5 Å². The molecule has 0 fully saturated rings. The van der Waals surface area contributed by atoms with Crippen molar-refractivity contribution in [2.24, 2.45) is 0 Å². The second-order valence-corrected chi connectivity index (χ2v) is 15.0. The molecule has 0 bridgehead atoms. The van der Waals surface area contributed by atoms with Gasteiger partial charge in [0.1, 0.15) is 32.0 Å². The van der Waals surface area contributed by atoms with Crippen molar-refractivity contribution >= 4 is 60.5 Å². The number of nitrogens with one attached hydrogen (secondary N) is 1. The zero-order chi connectivity index (χ0) is 34.7. The molecule has 1 N–H and O–H groups in total. The highest BCUT2D eigenvalue weighted by molar-refractivity contribution is 7.19.